The summed E-state index contributed by atoms with van der Waals surface area (Å²) in [5.41, 5.74) is 1.14. The predicted molar refractivity (Wildman–Crippen MR) is 61.7 cm³/mol. The van der Waals surface area contributed by atoms with Crippen LogP contribution in [0, 0.1) is 0 Å². The topological polar surface area (TPSA) is 70.8 Å². The molecule has 0 radical (unpaired) electrons. The Hall–Kier alpha value is -1.30. The van der Waals surface area contributed by atoms with Crippen molar-refractivity contribution in [2.45, 2.75) is 6.42 Å². The number of hydrogen-bond donors (Lipinski definition) is 1. The van der Waals surface area contributed by atoms with Crippen molar-refractivity contribution in [2.24, 2.45) is 5.90 Å². The molecule has 1 aromatic carbocycles. The van der Waals surface area contributed by atoms with E-state index in [1.165, 1.54) is 0 Å². The summed E-state index contributed by atoms with van der Waals surface area (Å²) in [6.45, 7) is 1.17. The molecule has 1 aliphatic rings. The van der Waals surface area contributed by atoms with Gasteiger partial charge in [-0.15, -0.1) is 0 Å². The molecule has 2 N–H and O–H groups in total. The second kappa shape index (κ2) is 5.35. The van der Waals surface area contributed by atoms with Crippen molar-refractivity contribution in [3.63, 3.8) is 0 Å². The van der Waals surface area contributed by atoms with Gasteiger partial charge >= 0.3 is 0 Å². The molecule has 0 aliphatic carbocycles. The van der Waals surface area contributed by atoms with E-state index in [1.807, 2.05) is 0 Å². The Morgan fingerprint density at radius 2 is 2.12 bits per heavy atom. The number of benzene rings is 1. The maximum absolute atomic E-state index is 10.9. The third-order valence-electron chi connectivity index (χ3n) is 2.49. The van der Waals surface area contributed by atoms with Gasteiger partial charge in [0, 0.05) is 17.0 Å². The highest BCUT2D eigenvalue weighted by atomic mass is 35.5. The minimum absolute atomic E-state index is 0.315. The highest BCUT2D eigenvalue weighted by molar-refractivity contribution is 6.32. The minimum atomic E-state index is 0.315. The molecule has 2 rings (SSSR count). The molecule has 1 aliphatic heterocycles. The van der Waals surface area contributed by atoms with Crippen molar-refractivity contribution < 1.29 is 19.1 Å². The second-order valence-corrected chi connectivity index (χ2v) is 3.93. The first kappa shape index (κ1) is 12.2. The molecule has 92 valence electrons. The Morgan fingerprint density at radius 1 is 1.41 bits per heavy atom. The summed E-state index contributed by atoms with van der Waals surface area (Å²) < 4.78 is 10.9. The molecule has 1 aromatic rings. The molecule has 0 bridgehead atoms. The van der Waals surface area contributed by atoms with Crippen LogP contribution in [0.1, 0.15) is 15.9 Å². The zero-order valence-electron chi connectivity index (χ0n) is 9.07. The molecular weight excluding hydrogens is 246 g/mol. The van der Waals surface area contributed by atoms with Crippen molar-refractivity contribution in [3.8, 4) is 11.5 Å². The summed E-state index contributed by atoms with van der Waals surface area (Å²) in [6.07, 6.45) is 1.20. The summed E-state index contributed by atoms with van der Waals surface area (Å²) in [5.74, 6) is 5.95. The van der Waals surface area contributed by atoms with Crippen molar-refractivity contribution in [1.29, 1.82) is 0 Å². The Balaban J connectivity index is 2.47. The number of rotatable bonds is 4. The van der Waals surface area contributed by atoms with Crippen molar-refractivity contribution in [2.75, 3.05) is 19.8 Å². The van der Waals surface area contributed by atoms with E-state index in [0.29, 0.717) is 54.6 Å². The summed E-state index contributed by atoms with van der Waals surface area (Å²) in [4.78, 5) is 15.4. The number of nitrogens with two attached hydrogens (primary N) is 1. The Bertz CT molecular complexity index is 436. The maximum Gasteiger partial charge on any atom is 0.172 e. The first-order chi connectivity index (χ1) is 8.27. The Morgan fingerprint density at radius 3 is 2.76 bits per heavy atom. The van der Waals surface area contributed by atoms with Gasteiger partial charge in [0.1, 0.15) is 13.2 Å². The molecule has 0 unspecified atom stereocenters. The lowest BCUT2D eigenvalue weighted by atomic mass is 10.1. The van der Waals surface area contributed by atoms with Gasteiger partial charge in [0.2, 0.25) is 0 Å². The number of hydrogen-bond acceptors (Lipinski definition) is 5. The Labute approximate surface area is 103 Å². The first-order valence-corrected chi connectivity index (χ1v) is 5.53. The molecule has 0 saturated carbocycles. The van der Waals surface area contributed by atoms with Crippen LogP contribution in [-0.2, 0) is 11.3 Å². The van der Waals surface area contributed by atoms with E-state index in [2.05, 4.69) is 4.84 Å². The van der Waals surface area contributed by atoms with E-state index in [1.54, 1.807) is 6.07 Å². The maximum atomic E-state index is 10.9. The molecule has 0 fully saturated rings. The van der Waals surface area contributed by atoms with E-state index in [9.17, 15) is 4.79 Å². The van der Waals surface area contributed by atoms with Crippen LogP contribution in [0.15, 0.2) is 6.07 Å². The smallest absolute Gasteiger partial charge is 0.172 e. The summed E-state index contributed by atoms with van der Waals surface area (Å²) >= 11 is 6.09. The predicted octanol–water partition coefficient (Wildman–Crippen LogP) is 1.36. The molecule has 6 heteroatoms. The van der Waals surface area contributed by atoms with E-state index >= 15 is 0 Å². The third-order valence-corrected chi connectivity index (χ3v) is 2.82. The fourth-order valence-corrected chi connectivity index (χ4v) is 2.03. The molecule has 0 spiro atoms. The molecule has 0 amide bonds. The Kier molecular flexibility index (Phi) is 3.83. The average molecular weight is 258 g/mol. The SMILES string of the molecule is NOCCc1c(Cl)cc(C=O)c2c1OCCO2. The average Bonchev–Trinajstić information content (AvgIpc) is 2.37. The quantitative estimate of drug-likeness (QED) is 0.651. The standard InChI is InChI=1S/C11H12ClNO4/c12-9-5-7(6-14)10-11(16-4-3-15-10)8(9)1-2-17-13/h5-6H,1-4,13H2. The number of carbonyl (C=O) groups is 1. The monoisotopic (exact) mass is 257 g/mol. The van der Waals surface area contributed by atoms with Crippen LogP contribution in [0.5, 0.6) is 11.5 Å². The van der Waals surface area contributed by atoms with Gasteiger partial charge in [-0.3, -0.25) is 4.79 Å². The first-order valence-electron chi connectivity index (χ1n) is 5.15. The number of carbonyl (C=O) groups excluding carboxylic acids is 1. The van der Waals surface area contributed by atoms with Crippen LogP contribution in [0.4, 0.5) is 0 Å². The van der Waals surface area contributed by atoms with Crippen LogP contribution >= 0.6 is 11.6 Å². The van der Waals surface area contributed by atoms with Crippen LogP contribution in [-0.4, -0.2) is 26.1 Å². The van der Waals surface area contributed by atoms with Crippen LogP contribution in [0.2, 0.25) is 5.02 Å². The largest absolute Gasteiger partial charge is 0.486 e. The lowest BCUT2D eigenvalue weighted by molar-refractivity contribution is 0.111. The van der Waals surface area contributed by atoms with Crippen molar-refractivity contribution in [1.82, 2.24) is 0 Å². The fourth-order valence-electron chi connectivity index (χ4n) is 1.74. The lowest BCUT2D eigenvalue weighted by Crippen LogP contribution is -2.19. The van der Waals surface area contributed by atoms with Crippen molar-refractivity contribution in [3.05, 3.63) is 22.2 Å². The molecule has 1 heterocycles. The number of fused-ring (bicyclic) bond motifs is 1. The summed E-state index contributed by atoms with van der Waals surface area (Å²) in [6, 6.07) is 1.56. The molecule has 5 nitrogen and oxygen atoms in total. The van der Waals surface area contributed by atoms with Gasteiger partial charge in [-0.25, -0.2) is 5.90 Å². The van der Waals surface area contributed by atoms with Gasteiger partial charge in [0.15, 0.2) is 17.8 Å². The number of ether oxygens (including phenoxy) is 2. The van der Waals surface area contributed by atoms with Crippen LogP contribution < -0.4 is 15.4 Å². The van der Waals surface area contributed by atoms with Gasteiger partial charge in [0.25, 0.3) is 0 Å². The van der Waals surface area contributed by atoms with Gasteiger partial charge in [-0.1, -0.05) is 11.6 Å². The van der Waals surface area contributed by atoms with Gasteiger partial charge in [0.05, 0.1) is 12.2 Å². The second-order valence-electron chi connectivity index (χ2n) is 3.52. The summed E-state index contributed by atoms with van der Waals surface area (Å²) in [7, 11) is 0. The lowest BCUT2D eigenvalue weighted by Gasteiger charge is -2.23. The van der Waals surface area contributed by atoms with E-state index < -0.39 is 0 Å². The number of aldehydes is 1. The van der Waals surface area contributed by atoms with Crippen LogP contribution in [0.25, 0.3) is 0 Å². The molecule has 0 saturated heterocycles. The minimum Gasteiger partial charge on any atom is -0.486 e. The normalized spacial score (nSPS) is 13.5. The third kappa shape index (κ3) is 2.36. The van der Waals surface area contributed by atoms with E-state index in [-0.39, 0.29) is 0 Å². The zero-order valence-corrected chi connectivity index (χ0v) is 9.83. The molecule has 17 heavy (non-hydrogen) atoms. The van der Waals surface area contributed by atoms with E-state index in [0.717, 1.165) is 5.56 Å². The summed E-state index contributed by atoms with van der Waals surface area (Å²) in [5, 5.41) is 0.452. The fraction of sp³-hybridized carbons (Fsp3) is 0.364. The molecule has 0 atom stereocenters. The van der Waals surface area contributed by atoms with Crippen molar-refractivity contribution >= 4 is 17.9 Å². The van der Waals surface area contributed by atoms with Gasteiger partial charge in [-0.2, -0.15) is 0 Å². The highest BCUT2D eigenvalue weighted by Crippen LogP contribution is 2.40. The van der Waals surface area contributed by atoms with E-state index in [4.69, 9.17) is 27.0 Å². The molecule has 0 aromatic heterocycles. The van der Waals surface area contributed by atoms with Crippen LogP contribution in [0.3, 0.4) is 0 Å². The highest BCUT2D eigenvalue weighted by Gasteiger charge is 2.22. The molecular formula is C11H12ClNO4. The van der Waals surface area contributed by atoms with Gasteiger partial charge < -0.3 is 14.3 Å². The zero-order chi connectivity index (χ0) is 12.3. The van der Waals surface area contributed by atoms with Gasteiger partial charge in [-0.05, 0) is 6.07 Å². The number of halogens is 1.